The molecule has 70 valence electrons. The third-order valence-corrected chi connectivity index (χ3v) is 1.88. The maximum absolute atomic E-state index is 9.45. The summed E-state index contributed by atoms with van der Waals surface area (Å²) in [6.45, 7) is 6.50. The average molecular weight is 182 g/mol. The Labute approximate surface area is 101 Å². The molecule has 0 amide bonds. The van der Waals surface area contributed by atoms with Crippen LogP contribution in [0.3, 0.4) is 0 Å². The van der Waals surface area contributed by atoms with E-state index < -0.39 is 0 Å². The molecule has 0 aromatic heterocycles. The summed E-state index contributed by atoms with van der Waals surface area (Å²) in [4.78, 5) is 0. The first kappa shape index (κ1) is 15.4. The molecule has 0 rings (SSSR count). The van der Waals surface area contributed by atoms with Gasteiger partial charge in [0, 0.05) is 0 Å². The van der Waals surface area contributed by atoms with Crippen LogP contribution in [0.5, 0.6) is 0 Å². The molecule has 0 fully saturated rings. The molecule has 2 heteroatoms. The molecule has 1 unspecified atom stereocenters. The Bertz CT molecular complexity index is 89.0. The summed E-state index contributed by atoms with van der Waals surface area (Å²) < 4.78 is 0. The summed E-state index contributed by atoms with van der Waals surface area (Å²) in [6.07, 6.45) is 5.59. The molecule has 1 N–H and O–H groups in total. The van der Waals surface area contributed by atoms with E-state index >= 15 is 0 Å². The molecule has 0 radical (unpaired) electrons. The van der Waals surface area contributed by atoms with Gasteiger partial charge in [0.2, 0.25) is 0 Å². The minimum Gasteiger partial charge on any atom is -1.00 e. The van der Waals surface area contributed by atoms with Crippen LogP contribution in [0.2, 0.25) is 0 Å². The van der Waals surface area contributed by atoms with Crippen molar-refractivity contribution in [1.29, 1.82) is 0 Å². The predicted octanol–water partition coefficient (Wildman–Crippen LogP) is 0.0902. The van der Waals surface area contributed by atoms with E-state index in [2.05, 4.69) is 20.8 Å². The Morgan fingerprint density at radius 1 is 1.25 bits per heavy atom. The predicted molar refractivity (Wildman–Crippen MR) is 50.7 cm³/mol. The summed E-state index contributed by atoms with van der Waals surface area (Å²) in [5.74, 6) is 0.631. The zero-order valence-electron chi connectivity index (χ0n) is 10.1. The summed E-state index contributed by atoms with van der Waals surface area (Å²) >= 11 is 0. The van der Waals surface area contributed by atoms with Crippen LogP contribution >= 0.6 is 0 Å². The van der Waals surface area contributed by atoms with E-state index in [1.807, 2.05) is 0 Å². The monoisotopic (exact) mass is 182 g/mol. The SMILES string of the molecule is CCCCCC(O)CC(C)C.[H-].[Na+]. The standard InChI is InChI=1S/C10H22O.Na.H/c1-4-5-6-7-10(11)8-9(2)3;;/h9-11H,4-8H2,1-3H3;;/q;+1;-1. The van der Waals surface area contributed by atoms with Gasteiger partial charge in [-0.3, -0.25) is 0 Å². The first-order chi connectivity index (χ1) is 5.16. The van der Waals surface area contributed by atoms with Crippen molar-refractivity contribution in [2.24, 2.45) is 5.92 Å². The number of rotatable bonds is 6. The molecule has 0 heterocycles. The Kier molecular flexibility index (Phi) is 12.9. The van der Waals surface area contributed by atoms with Crippen molar-refractivity contribution in [3.8, 4) is 0 Å². The third-order valence-electron chi connectivity index (χ3n) is 1.88. The molecule has 0 aliphatic rings. The van der Waals surface area contributed by atoms with Gasteiger partial charge in [0.05, 0.1) is 6.10 Å². The van der Waals surface area contributed by atoms with Gasteiger partial charge in [0.15, 0.2) is 0 Å². The van der Waals surface area contributed by atoms with Crippen molar-refractivity contribution < 1.29 is 36.1 Å². The molecular weight excluding hydrogens is 159 g/mol. The van der Waals surface area contributed by atoms with Crippen LogP contribution in [0, 0.1) is 5.92 Å². The summed E-state index contributed by atoms with van der Waals surface area (Å²) in [5, 5.41) is 9.45. The fourth-order valence-corrected chi connectivity index (χ4v) is 1.29. The van der Waals surface area contributed by atoms with Crippen LogP contribution in [-0.2, 0) is 0 Å². The Hall–Kier alpha value is 0.960. The van der Waals surface area contributed by atoms with E-state index in [-0.39, 0.29) is 37.1 Å². The Morgan fingerprint density at radius 2 is 1.83 bits per heavy atom. The number of aliphatic hydroxyl groups excluding tert-OH is 1. The van der Waals surface area contributed by atoms with E-state index in [0.29, 0.717) is 5.92 Å². The van der Waals surface area contributed by atoms with Gasteiger partial charge in [-0.15, -0.1) is 0 Å². The molecule has 0 saturated heterocycles. The maximum Gasteiger partial charge on any atom is 1.00 e. The molecule has 0 bridgehead atoms. The second kappa shape index (κ2) is 10.0. The summed E-state index contributed by atoms with van der Waals surface area (Å²) in [7, 11) is 0. The second-order valence-electron chi connectivity index (χ2n) is 3.78. The largest absolute Gasteiger partial charge is 1.00 e. The van der Waals surface area contributed by atoms with Gasteiger partial charge in [-0.2, -0.15) is 0 Å². The molecule has 12 heavy (non-hydrogen) atoms. The summed E-state index contributed by atoms with van der Waals surface area (Å²) in [6, 6.07) is 0. The van der Waals surface area contributed by atoms with Gasteiger partial charge >= 0.3 is 29.6 Å². The van der Waals surface area contributed by atoms with Gasteiger partial charge in [0.25, 0.3) is 0 Å². The normalized spacial score (nSPS) is 12.8. The summed E-state index contributed by atoms with van der Waals surface area (Å²) in [5.41, 5.74) is 0. The average Bonchev–Trinajstić information content (AvgIpc) is 1.86. The van der Waals surface area contributed by atoms with Gasteiger partial charge in [0.1, 0.15) is 0 Å². The smallest absolute Gasteiger partial charge is 1.00 e. The molecule has 1 atom stereocenters. The fraction of sp³-hybridized carbons (Fsp3) is 1.00. The molecule has 0 spiro atoms. The molecular formula is C10H23NaO. The third kappa shape index (κ3) is 11.0. The van der Waals surface area contributed by atoms with Crippen molar-refractivity contribution in [2.45, 2.75) is 59.0 Å². The van der Waals surface area contributed by atoms with Gasteiger partial charge in [-0.1, -0.05) is 40.0 Å². The van der Waals surface area contributed by atoms with Crippen LogP contribution in [0.15, 0.2) is 0 Å². The molecule has 0 aromatic carbocycles. The Morgan fingerprint density at radius 3 is 2.25 bits per heavy atom. The number of hydrogen-bond donors (Lipinski definition) is 1. The first-order valence-electron chi connectivity index (χ1n) is 4.84. The van der Waals surface area contributed by atoms with Crippen LogP contribution in [-0.4, -0.2) is 11.2 Å². The quantitative estimate of drug-likeness (QED) is 0.456. The topological polar surface area (TPSA) is 20.2 Å². The van der Waals surface area contributed by atoms with Crippen molar-refractivity contribution in [3.63, 3.8) is 0 Å². The van der Waals surface area contributed by atoms with Crippen LogP contribution in [0.25, 0.3) is 0 Å². The van der Waals surface area contributed by atoms with Crippen LogP contribution in [0.1, 0.15) is 54.3 Å². The zero-order valence-corrected chi connectivity index (χ0v) is 11.1. The minimum absolute atomic E-state index is 0. The number of aliphatic hydroxyl groups is 1. The van der Waals surface area contributed by atoms with Crippen molar-refractivity contribution in [2.75, 3.05) is 0 Å². The molecule has 0 aromatic rings. The van der Waals surface area contributed by atoms with Gasteiger partial charge < -0.3 is 6.53 Å². The second-order valence-corrected chi connectivity index (χ2v) is 3.78. The molecule has 0 aliphatic heterocycles. The fourth-order valence-electron chi connectivity index (χ4n) is 1.29. The number of hydrogen-bond acceptors (Lipinski definition) is 1. The van der Waals surface area contributed by atoms with Crippen molar-refractivity contribution in [3.05, 3.63) is 0 Å². The molecule has 1 nitrogen and oxygen atoms in total. The first-order valence-corrected chi connectivity index (χ1v) is 4.84. The zero-order chi connectivity index (χ0) is 8.69. The van der Waals surface area contributed by atoms with E-state index in [1.54, 1.807) is 0 Å². The maximum atomic E-state index is 9.45. The van der Waals surface area contributed by atoms with E-state index in [9.17, 15) is 5.11 Å². The van der Waals surface area contributed by atoms with E-state index in [1.165, 1.54) is 19.3 Å². The van der Waals surface area contributed by atoms with Crippen molar-refractivity contribution in [1.82, 2.24) is 0 Å². The van der Waals surface area contributed by atoms with Gasteiger partial charge in [-0.25, -0.2) is 0 Å². The van der Waals surface area contributed by atoms with Crippen LogP contribution < -0.4 is 29.6 Å². The van der Waals surface area contributed by atoms with E-state index in [0.717, 1.165) is 12.8 Å². The van der Waals surface area contributed by atoms with E-state index in [4.69, 9.17) is 0 Å². The minimum atomic E-state index is -0.0541. The van der Waals surface area contributed by atoms with Crippen molar-refractivity contribution >= 4 is 0 Å². The Balaban J connectivity index is -0.000000500. The molecule has 0 saturated carbocycles. The molecule has 0 aliphatic carbocycles. The van der Waals surface area contributed by atoms with Crippen LogP contribution in [0.4, 0.5) is 0 Å². The number of unbranched alkanes of at least 4 members (excludes halogenated alkanes) is 2. The van der Waals surface area contributed by atoms with Gasteiger partial charge in [-0.05, 0) is 18.8 Å².